The third-order valence-corrected chi connectivity index (χ3v) is 14.7. The highest BCUT2D eigenvalue weighted by molar-refractivity contribution is 7.91. The Morgan fingerprint density at radius 1 is 1.09 bits per heavy atom. The quantitative estimate of drug-likeness (QED) is 0.155. The van der Waals surface area contributed by atoms with E-state index in [-0.39, 0.29) is 31.7 Å². The number of allylic oxidation sites excluding steroid dienone is 2. The Bertz CT molecular complexity index is 2050. The highest BCUT2D eigenvalue weighted by atomic mass is 32.2. The van der Waals surface area contributed by atoms with Crippen molar-refractivity contribution in [3.8, 4) is 11.6 Å². The maximum absolute atomic E-state index is 14.6. The Balaban J connectivity index is 1.21. The van der Waals surface area contributed by atoms with Gasteiger partial charge in [0.25, 0.3) is 5.91 Å². The second-order valence-corrected chi connectivity index (χ2v) is 18.9. The molecule has 3 saturated carbocycles. The van der Waals surface area contributed by atoms with Crippen LogP contribution in [0.25, 0.3) is 17.0 Å². The smallest absolute Gasteiger partial charge is 0.405 e. The predicted molar refractivity (Wildman–Crippen MR) is 214 cm³/mol. The molecule has 5 aliphatic rings. The summed E-state index contributed by atoms with van der Waals surface area (Å²) >= 11 is 0. The molecule has 5 atom stereocenters. The molecule has 2 aliphatic heterocycles. The zero-order valence-electron chi connectivity index (χ0n) is 32.8. The Hall–Kier alpha value is -4.66. The van der Waals surface area contributed by atoms with Crippen molar-refractivity contribution in [1.82, 2.24) is 25.2 Å². The van der Waals surface area contributed by atoms with Crippen LogP contribution in [0.15, 0.2) is 42.5 Å². The van der Waals surface area contributed by atoms with Crippen molar-refractivity contribution in [2.75, 3.05) is 13.7 Å². The number of sulfonamides is 1. The van der Waals surface area contributed by atoms with Crippen molar-refractivity contribution >= 4 is 50.8 Å². The number of ether oxygens (including phenoxy) is 2. The number of aromatic nitrogens is 1. The molecule has 0 bridgehead atoms. The largest absolute Gasteiger partial charge is 0.495 e. The highest BCUT2D eigenvalue weighted by Gasteiger charge is 2.58. The second kappa shape index (κ2) is 16.7. The molecule has 7 rings (SSSR count). The number of nitrogens with one attached hydrogen (secondary N) is 3. The van der Waals surface area contributed by atoms with Crippen molar-refractivity contribution in [3.05, 3.63) is 48.1 Å². The molecule has 308 valence electrons. The van der Waals surface area contributed by atoms with Gasteiger partial charge >= 0.3 is 6.09 Å². The van der Waals surface area contributed by atoms with E-state index in [9.17, 15) is 32.7 Å². The fourth-order valence-electron chi connectivity index (χ4n) is 8.39. The summed E-state index contributed by atoms with van der Waals surface area (Å²) in [6, 6.07) is 5.25. The molecule has 1 aromatic heterocycles. The number of hydrogen-bond donors (Lipinski definition) is 4. The number of unbranched alkanes of at least 4 members (excludes halogenated alkanes) is 1. The summed E-state index contributed by atoms with van der Waals surface area (Å²) in [4.78, 5) is 61.2. The summed E-state index contributed by atoms with van der Waals surface area (Å²) < 4.78 is 40.3. The van der Waals surface area contributed by atoms with E-state index in [1.54, 1.807) is 14.0 Å². The number of pyridine rings is 1. The standard InChI is InChI=1S/C42H55N5O9S/c1-41(23-24-41)57(53,54)46-39(50)42-22-21-28(42)14-8-4-3-5-10-18-33(44-40(51)52)38(49)47-26-29(25-34(47)36(48)45-42)56-37-31(16-9-6-7-13-27-19-20-27)35(55-2)30-15-11-12-17-32(30)43-37/h8-9,11-12,14-17,27-29,33-34,44H,3-7,10,13,18-26H2,1-2H3,(H,45,48)(H,46,50)(H,51,52). The monoisotopic (exact) mass is 805 g/mol. The Morgan fingerprint density at radius 3 is 2.58 bits per heavy atom. The van der Waals surface area contributed by atoms with Crippen molar-refractivity contribution in [2.45, 2.75) is 132 Å². The number of nitrogens with zero attached hydrogens (tertiary/aromatic N) is 2. The molecule has 1 saturated heterocycles. The second-order valence-electron chi connectivity index (χ2n) is 16.7. The number of carbonyl (C=O) groups excluding carboxylic acids is 3. The summed E-state index contributed by atoms with van der Waals surface area (Å²) in [6.45, 7) is 1.53. The number of fused-ring (bicyclic) bond motifs is 3. The van der Waals surface area contributed by atoms with Crippen LogP contribution in [0, 0.1) is 11.8 Å². The number of carbonyl (C=O) groups is 4. The average Bonchev–Trinajstić information content (AvgIpc) is 4.10. The van der Waals surface area contributed by atoms with Gasteiger partial charge in [-0.1, -0.05) is 62.5 Å². The Kier molecular flexibility index (Phi) is 11.9. The van der Waals surface area contributed by atoms with Gasteiger partial charge in [0.05, 0.1) is 29.5 Å². The lowest BCUT2D eigenvalue weighted by atomic mass is 9.65. The van der Waals surface area contributed by atoms with Crippen LogP contribution in [0.1, 0.15) is 109 Å². The van der Waals surface area contributed by atoms with E-state index in [2.05, 4.69) is 21.4 Å². The van der Waals surface area contributed by atoms with Crippen molar-refractivity contribution in [3.63, 3.8) is 0 Å². The van der Waals surface area contributed by atoms with Crippen molar-refractivity contribution < 1.29 is 42.2 Å². The zero-order valence-corrected chi connectivity index (χ0v) is 33.7. The van der Waals surface area contributed by atoms with Gasteiger partial charge in [-0.2, -0.15) is 0 Å². The normalized spacial score (nSPS) is 27.6. The van der Waals surface area contributed by atoms with Crippen LogP contribution < -0.4 is 24.8 Å². The molecular weight excluding hydrogens is 751 g/mol. The van der Waals surface area contributed by atoms with Crippen LogP contribution in [-0.2, 0) is 24.4 Å². The summed E-state index contributed by atoms with van der Waals surface area (Å²) in [7, 11) is -2.43. The van der Waals surface area contributed by atoms with Gasteiger partial charge in [0.15, 0.2) is 0 Å². The summed E-state index contributed by atoms with van der Waals surface area (Å²) in [5.41, 5.74) is -0.309. The van der Waals surface area contributed by atoms with Crippen LogP contribution in [0.3, 0.4) is 0 Å². The van der Waals surface area contributed by atoms with Crippen LogP contribution in [-0.4, -0.2) is 89.4 Å². The lowest BCUT2D eigenvalue weighted by molar-refractivity contribution is -0.144. The zero-order chi connectivity index (χ0) is 40.4. The third-order valence-electron chi connectivity index (χ3n) is 12.5. The molecule has 3 aliphatic carbocycles. The number of methoxy groups -OCH3 is 1. The van der Waals surface area contributed by atoms with Gasteiger partial charge in [0, 0.05) is 17.7 Å². The van der Waals surface area contributed by atoms with Crippen LogP contribution in [0.5, 0.6) is 11.6 Å². The van der Waals surface area contributed by atoms with Gasteiger partial charge in [0.1, 0.15) is 29.5 Å². The van der Waals surface area contributed by atoms with E-state index in [1.807, 2.05) is 42.5 Å². The first-order chi connectivity index (χ1) is 27.3. The van der Waals surface area contributed by atoms with Crippen LogP contribution in [0.2, 0.25) is 0 Å². The first kappa shape index (κ1) is 40.5. The number of amides is 4. The number of rotatable bonds is 12. The minimum absolute atomic E-state index is 0.00725. The minimum Gasteiger partial charge on any atom is -0.495 e. The molecule has 0 radical (unpaired) electrons. The fourth-order valence-corrected chi connectivity index (χ4v) is 9.70. The van der Waals surface area contributed by atoms with Gasteiger partial charge < -0.3 is 30.1 Å². The minimum atomic E-state index is -4.02. The first-order valence-corrected chi connectivity index (χ1v) is 22.0. The molecule has 57 heavy (non-hydrogen) atoms. The molecular formula is C42H55N5O9S. The van der Waals surface area contributed by atoms with Gasteiger partial charge in [-0.15, -0.1) is 0 Å². The third kappa shape index (κ3) is 8.78. The van der Waals surface area contributed by atoms with E-state index in [4.69, 9.17) is 14.5 Å². The van der Waals surface area contributed by atoms with E-state index < -0.39 is 68.2 Å². The lowest BCUT2D eigenvalue weighted by Crippen LogP contribution is -2.70. The Morgan fingerprint density at radius 2 is 1.88 bits per heavy atom. The average molecular weight is 806 g/mol. The molecule has 3 heterocycles. The van der Waals surface area contributed by atoms with Crippen molar-refractivity contribution in [2.24, 2.45) is 11.8 Å². The first-order valence-electron chi connectivity index (χ1n) is 20.5. The van der Waals surface area contributed by atoms with Gasteiger partial charge in [-0.3, -0.25) is 19.1 Å². The summed E-state index contributed by atoms with van der Waals surface area (Å²) in [5.74, 6) is -0.836. The van der Waals surface area contributed by atoms with Gasteiger partial charge in [-0.25, -0.2) is 18.2 Å². The molecule has 0 spiro atoms. The SMILES string of the molecule is COc1c(C=CCCCC2CC2)c(OC2CC3C(=O)NC4(C(=O)NS(=O)(=O)C5(C)CC5)CCC4C=CCCCCCC(NC(=O)O)C(=O)N3C2)nc2ccccc12. The van der Waals surface area contributed by atoms with Gasteiger partial charge in [0.2, 0.25) is 27.7 Å². The maximum Gasteiger partial charge on any atom is 0.405 e. The van der Waals surface area contributed by atoms with E-state index >= 15 is 0 Å². The lowest BCUT2D eigenvalue weighted by Gasteiger charge is -2.47. The number of carboxylic acid groups (broad SMARTS) is 1. The van der Waals surface area contributed by atoms with E-state index in [1.165, 1.54) is 24.2 Å². The summed E-state index contributed by atoms with van der Waals surface area (Å²) in [6.07, 6.45) is 16.0. The Labute approximate surface area is 334 Å². The molecule has 4 fully saturated rings. The molecule has 4 amide bonds. The number of para-hydroxylation sites is 1. The predicted octanol–water partition coefficient (Wildman–Crippen LogP) is 5.61. The molecule has 15 heteroatoms. The maximum atomic E-state index is 14.6. The number of hydrogen-bond acceptors (Lipinski definition) is 9. The molecule has 2 aromatic rings. The number of benzene rings is 1. The van der Waals surface area contributed by atoms with Crippen LogP contribution in [0.4, 0.5) is 4.79 Å². The van der Waals surface area contributed by atoms with Crippen molar-refractivity contribution in [1.29, 1.82) is 0 Å². The molecule has 4 N–H and O–H groups in total. The van der Waals surface area contributed by atoms with E-state index in [0.29, 0.717) is 48.9 Å². The fraction of sp³-hybridized carbons (Fsp3) is 0.595. The summed E-state index contributed by atoms with van der Waals surface area (Å²) in [5, 5.41) is 15.8. The van der Waals surface area contributed by atoms with Crippen LogP contribution >= 0.6 is 0 Å². The highest BCUT2D eigenvalue weighted by Crippen LogP contribution is 2.45. The van der Waals surface area contributed by atoms with E-state index in [0.717, 1.165) is 37.0 Å². The topological polar surface area (TPSA) is 193 Å². The molecule has 14 nitrogen and oxygen atoms in total. The van der Waals surface area contributed by atoms with Gasteiger partial charge in [-0.05, 0) is 88.8 Å². The molecule has 1 aromatic carbocycles. The molecule has 5 unspecified atom stereocenters.